The predicted octanol–water partition coefficient (Wildman–Crippen LogP) is 1.36. The third-order valence-electron chi connectivity index (χ3n) is 3.18. The number of nitrogens with one attached hydrogen (secondary N) is 1. The molecule has 1 aliphatic heterocycles. The lowest BCUT2D eigenvalue weighted by Gasteiger charge is -2.27. The van der Waals surface area contributed by atoms with Crippen LogP contribution < -0.4 is 5.32 Å². The number of aliphatic hydroxyl groups excluding tert-OH is 1. The molecule has 0 bridgehead atoms. The lowest BCUT2D eigenvalue weighted by atomic mass is 10.0. The van der Waals surface area contributed by atoms with E-state index in [4.69, 9.17) is 4.74 Å². The molecule has 1 saturated heterocycles. The fourth-order valence-electron chi connectivity index (χ4n) is 2.28. The minimum Gasteiger partial charge on any atom is -0.395 e. The fourth-order valence-corrected chi connectivity index (χ4v) is 2.28. The first-order chi connectivity index (χ1) is 8.38. The van der Waals surface area contributed by atoms with Crippen molar-refractivity contribution >= 4 is 0 Å². The smallest absolute Gasteiger partial charge is 0.0619 e. The lowest BCUT2D eigenvalue weighted by Crippen LogP contribution is -2.45. The number of rotatable bonds is 5. The van der Waals surface area contributed by atoms with Gasteiger partial charge in [0.2, 0.25) is 0 Å². The molecule has 2 N–H and O–H groups in total. The number of aliphatic hydroxyl groups is 1. The third kappa shape index (κ3) is 4.11. The van der Waals surface area contributed by atoms with Crippen molar-refractivity contribution in [2.24, 2.45) is 0 Å². The highest BCUT2D eigenvalue weighted by Gasteiger charge is 2.17. The first-order valence-corrected chi connectivity index (χ1v) is 6.37. The number of ether oxygens (including phenoxy) is 1. The van der Waals surface area contributed by atoms with Crippen LogP contribution in [0.1, 0.15) is 18.4 Å². The lowest BCUT2D eigenvalue weighted by molar-refractivity contribution is 0.0624. The second-order valence-electron chi connectivity index (χ2n) is 4.65. The van der Waals surface area contributed by atoms with Crippen molar-refractivity contribution < 1.29 is 9.84 Å². The van der Waals surface area contributed by atoms with Gasteiger partial charge in [0, 0.05) is 18.7 Å². The van der Waals surface area contributed by atoms with Crippen molar-refractivity contribution in [3.63, 3.8) is 0 Å². The summed E-state index contributed by atoms with van der Waals surface area (Å²) in [6.07, 6.45) is 3.13. The molecule has 1 aromatic carbocycles. The van der Waals surface area contributed by atoms with Gasteiger partial charge in [0.1, 0.15) is 0 Å². The number of hydrogen-bond donors (Lipinski definition) is 2. The van der Waals surface area contributed by atoms with E-state index in [1.54, 1.807) is 0 Å². The van der Waals surface area contributed by atoms with Gasteiger partial charge in [-0.25, -0.2) is 0 Å². The van der Waals surface area contributed by atoms with Gasteiger partial charge in [-0.05, 0) is 24.8 Å². The Kier molecular flexibility index (Phi) is 4.98. The van der Waals surface area contributed by atoms with Gasteiger partial charge in [0.25, 0.3) is 0 Å². The Morgan fingerprint density at radius 1 is 1.35 bits per heavy atom. The molecule has 1 aliphatic rings. The molecule has 3 heteroatoms. The first kappa shape index (κ1) is 12.6. The average Bonchev–Trinajstić information content (AvgIpc) is 2.40. The highest BCUT2D eigenvalue weighted by molar-refractivity contribution is 5.15. The summed E-state index contributed by atoms with van der Waals surface area (Å²) >= 11 is 0. The van der Waals surface area contributed by atoms with Gasteiger partial charge < -0.3 is 15.2 Å². The maximum Gasteiger partial charge on any atom is 0.0619 e. The minimum atomic E-state index is 0.129. The van der Waals surface area contributed by atoms with Gasteiger partial charge in [-0.1, -0.05) is 30.3 Å². The molecule has 0 aliphatic carbocycles. The average molecular weight is 235 g/mol. The molecular weight excluding hydrogens is 214 g/mol. The molecule has 0 saturated carbocycles. The molecule has 94 valence electrons. The Balaban J connectivity index is 1.83. The molecule has 2 rings (SSSR count). The Morgan fingerprint density at radius 3 is 2.82 bits per heavy atom. The Bertz CT molecular complexity index is 309. The Labute approximate surface area is 103 Å². The highest BCUT2D eigenvalue weighted by Crippen LogP contribution is 2.09. The molecule has 3 nitrogen and oxygen atoms in total. The SMILES string of the molecule is OC[C@@H](Cc1ccccc1)N[C@@H]1CCCOC1. The van der Waals surface area contributed by atoms with Crippen molar-refractivity contribution in [1.82, 2.24) is 5.32 Å². The van der Waals surface area contributed by atoms with Crippen LogP contribution in [-0.4, -0.2) is 37.0 Å². The van der Waals surface area contributed by atoms with Crippen molar-refractivity contribution in [1.29, 1.82) is 0 Å². The van der Waals surface area contributed by atoms with E-state index >= 15 is 0 Å². The van der Waals surface area contributed by atoms with E-state index in [1.807, 2.05) is 18.2 Å². The fraction of sp³-hybridized carbons (Fsp3) is 0.571. The molecule has 17 heavy (non-hydrogen) atoms. The van der Waals surface area contributed by atoms with Crippen LogP contribution in [0, 0.1) is 0 Å². The van der Waals surface area contributed by atoms with Crippen molar-refractivity contribution in [2.75, 3.05) is 19.8 Å². The van der Waals surface area contributed by atoms with Crippen molar-refractivity contribution in [3.8, 4) is 0 Å². The summed E-state index contributed by atoms with van der Waals surface area (Å²) in [4.78, 5) is 0. The van der Waals surface area contributed by atoms with Crippen molar-refractivity contribution in [3.05, 3.63) is 35.9 Å². The molecule has 0 unspecified atom stereocenters. The summed E-state index contributed by atoms with van der Waals surface area (Å²) in [6, 6.07) is 10.8. The summed E-state index contributed by atoms with van der Waals surface area (Å²) < 4.78 is 5.43. The van der Waals surface area contributed by atoms with E-state index < -0.39 is 0 Å². The monoisotopic (exact) mass is 235 g/mol. The molecule has 0 aromatic heterocycles. The molecular formula is C14H21NO2. The van der Waals surface area contributed by atoms with Crippen LogP contribution in [0.4, 0.5) is 0 Å². The second kappa shape index (κ2) is 6.74. The van der Waals surface area contributed by atoms with Crippen LogP contribution in [0.2, 0.25) is 0 Å². The predicted molar refractivity (Wildman–Crippen MR) is 68.0 cm³/mol. The second-order valence-corrected chi connectivity index (χ2v) is 4.65. The quantitative estimate of drug-likeness (QED) is 0.809. The number of benzene rings is 1. The van der Waals surface area contributed by atoms with E-state index in [9.17, 15) is 5.11 Å². The molecule has 0 spiro atoms. The minimum absolute atomic E-state index is 0.129. The molecule has 0 amide bonds. The van der Waals surface area contributed by atoms with Gasteiger partial charge in [-0.15, -0.1) is 0 Å². The van der Waals surface area contributed by atoms with Gasteiger partial charge in [0.15, 0.2) is 0 Å². The molecule has 0 radical (unpaired) electrons. The van der Waals surface area contributed by atoms with Crippen molar-refractivity contribution in [2.45, 2.75) is 31.3 Å². The molecule has 2 atom stereocenters. The standard InChI is InChI=1S/C14H21NO2/c16-10-14(9-12-5-2-1-3-6-12)15-13-7-4-8-17-11-13/h1-3,5-6,13-16H,4,7-11H2/t13-,14-/m1/s1. The third-order valence-corrected chi connectivity index (χ3v) is 3.18. The van der Waals surface area contributed by atoms with Gasteiger partial charge in [-0.3, -0.25) is 0 Å². The first-order valence-electron chi connectivity index (χ1n) is 6.37. The highest BCUT2D eigenvalue weighted by atomic mass is 16.5. The maximum atomic E-state index is 9.41. The topological polar surface area (TPSA) is 41.5 Å². The summed E-state index contributed by atoms with van der Waals surface area (Å²) in [7, 11) is 0. The summed E-state index contributed by atoms with van der Waals surface area (Å²) in [5.41, 5.74) is 1.26. The zero-order valence-corrected chi connectivity index (χ0v) is 10.1. The van der Waals surface area contributed by atoms with Crippen LogP contribution in [-0.2, 0) is 11.2 Å². The normalized spacial score (nSPS) is 22.3. The molecule has 1 heterocycles. The largest absolute Gasteiger partial charge is 0.395 e. The summed E-state index contributed by atoms with van der Waals surface area (Å²) in [6.45, 7) is 1.82. The van der Waals surface area contributed by atoms with Gasteiger partial charge in [-0.2, -0.15) is 0 Å². The molecule has 1 fully saturated rings. The Morgan fingerprint density at radius 2 is 2.18 bits per heavy atom. The van der Waals surface area contributed by atoms with E-state index in [0.29, 0.717) is 6.04 Å². The zero-order valence-electron chi connectivity index (χ0n) is 10.1. The van der Waals surface area contributed by atoms with Crippen LogP contribution in [0.5, 0.6) is 0 Å². The van der Waals surface area contributed by atoms with E-state index in [-0.39, 0.29) is 12.6 Å². The van der Waals surface area contributed by atoms with E-state index in [0.717, 1.165) is 32.5 Å². The summed E-state index contributed by atoms with van der Waals surface area (Å²) in [5, 5.41) is 12.9. The van der Waals surface area contributed by atoms with Gasteiger partial charge >= 0.3 is 0 Å². The number of hydrogen-bond acceptors (Lipinski definition) is 3. The Hall–Kier alpha value is -0.900. The molecule has 1 aromatic rings. The van der Waals surface area contributed by atoms with Crippen LogP contribution in [0.25, 0.3) is 0 Å². The van der Waals surface area contributed by atoms with Crippen LogP contribution in [0.15, 0.2) is 30.3 Å². The van der Waals surface area contributed by atoms with E-state index in [2.05, 4.69) is 17.4 Å². The van der Waals surface area contributed by atoms with Crippen LogP contribution in [0.3, 0.4) is 0 Å². The van der Waals surface area contributed by atoms with Crippen LogP contribution >= 0.6 is 0 Å². The van der Waals surface area contributed by atoms with E-state index in [1.165, 1.54) is 5.56 Å². The summed E-state index contributed by atoms with van der Waals surface area (Å²) in [5.74, 6) is 0. The maximum absolute atomic E-state index is 9.41. The zero-order chi connectivity index (χ0) is 11.9. The van der Waals surface area contributed by atoms with Gasteiger partial charge in [0.05, 0.1) is 13.2 Å².